The lowest BCUT2D eigenvalue weighted by atomic mass is 9.87. The highest BCUT2D eigenvalue weighted by molar-refractivity contribution is 5.82. The van der Waals surface area contributed by atoms with Crippen LogP contribution in [-0.4, -0.2) is 21.3 Å². The van der Waals surface area contributed by atoms with Gasteiger partial charge >= 0.3 is 0 Å². The van der Waals surface area contributed by atoms with Gasteiger partial charge in [-0.15, -0.1) is 0 Å². The van der Waals surface area contributed by atoms with E-state index in [1.807, 2.05) is 0 Å². The van der Waals surface area contributed by atoms with Gasteiger partial charge < -0.3 is 9.67 Å². The third kappa shape index (κ3) is 2.96. The predicted octanol–water partition coefficient (Wildman–Crippen LogP) is 4.61. The molecule has 0 aliphatic rings. The zero-order valence-electron chi connectivity index (χ0n) is 15.2. The number of benzene rings is 2. The molecule has 3 nitrogen and oxygen atoms in total. The smallest absolute Gasteiger partial charge is 0.141 e. The van der Waals surface area contributed by atoms with Crippen molar-refractivity contribution in [2.24, 2.45) is 0 Å². The summed E-state index contributed by atoms with van der Waals surface area (Å²) < 4.78 is 2.12. The van der Waals surface area contributed by atoms with E-state index in [0.29, 0.717) is 6.54 Å². The maximum Gasteiger partial charge on any atom is 0.141 e. The Morgan fingerprint density at radius 1 is 1.00 bits per heavy atom. The van der Waals surface area contributed by atoms with E-state index in [4.69, 9.17) is 4.98 Å². The molecule has 0 radical (unpaired) electrons. The van der Waals surface area contributed by atoms with Crippen LogP contribution >= 0.6 is 0 Å². The summed E-state index contributed by atoms with van der Waals surface area (Å²) in [5.41, 5.74) is 7.09. The topological polar surface area (TPSA) is 38.0 Å². The number of rotatable bonds is 3. The van der Waals surface area contributed by atoms with Crippen molar-refractivity contribution in [3.05, 3.63) is 53.1 Å². The Morgan fingerprint density at radius 3 is 2.21 bits per heavy atom. The third-order valence-corrected chi connectivity index (χ3v) is 4.70. The Bertz CT molecular complexity index is 867. The van der Waals surface area contributed by atoms with Crippen LogP contribution in [0.1, 0.15) is 37.5 Å². The molecule has 0 atom stereocenters. The normalized spacial score (nSPS) is 12.1. The number of aryl methyl sites for hydroxylation is 2. The average molecular weight is 322 g/mol. The van der Waals surface area contributed by atoms with E-state index in [0.717, 1.165) is 22.4 Å². The fourth-order valence-corrected chi connectivity index (χ4v) is 3.05. The predicted molar refractivity (Wildman–Crippen MR) is 100 cm³/mol. The van der Waals surface area contributed by atoms with Gasteiger partial charge in [0.15, 0.2) is 0 Å². The van der Waals surface area contributed by atoms with E-state index in [1.54, 1.807) is 0 Å². The summed E-state index contributed by atoms with van der Waals surface area (Å²) >= 11 is 0. The molecular weight excluding hydrogens is 296 g/mol. The van der Waals surface area contributed by atoms with Crippen LogP contribution in [0.15, 0.2) is 36.4 Å². The Hall–Kier alpha value is -2.13. The molecule has 0 spiro atoms. The SMILES string of the molecule is Cc1cc2nc(-c3ccc(C(C)(C)C)cc3)n(CCO)c2cc1C. The van der Waals surface area contributed by atoms with E-state index in [1.165, 1.54) is 16.7 Å². The van der Waals surface area contributed by atoms with Gasteiger partial charge in [0.1, 0.15) is 5.82 Å². The number of nitrogens with zero attached hydrogens (tertiary/aromatic N) is 2. The molecule has 0 fully saturated rings. The van der Waals surface area contributed by atoms with Crippen LogP contribution in [0.2, 0.25) is 0 Å². The monoisotopic (exact) mass is 322 g/mol. The minimum atomic E-state index is 0.103. The standard InChI is InChI=1S/C21H26N2O/c1-14-12-18-19(13-15(14)2)23(10-11-24)20(22-18)16-6-8-17(9-7-16)21(3,4)5/h6-9,12-13,24H,10-11H2,1-5H3. The van der Waals surface area contributed by atoms with Crippen LogP contribution in [0.25, 0.3) is 22.4 Å². The first-order chi connectivity index (χ1) is 11.3. The van der Waals surface area contributed by atoms with Crippen LogP contribution in [0.3, 0.4) is 0 Å². The first-order valence-electron chi connectivity index (χ1n) is 8.50. The average Bonchev–Trinajstić information content (AvgIpc) is 2.85. The first kappa shape index (κ1) is 16.7. The van der Waals surface area contributed by atoms with Crippen molar-refractivity contribution in [2.45, 2.75) is 46.6 Å². The summed E-state index contributed by atoms with van der Waals surface area (Å²) in [6.07, 6.45) is 0. The molecular formula is C21H26N2O. The zero-order valence-corrected chi connectivity index (χ0v) is 15.2. The summed E-state index contributed by atoms with van der Waals surface area (Å²) in [6, 6.07) is 12.9. The summed E-state index contributed by atoms with van der Waals surface area (Å²) in [4.78, 5) is 4.85. The van der Waals surface area contributed by atoms with Crippen molar-refractivity contribution in [3.63, 3.8) is 0 Å². The van der Waals surface area contributed by atoms with Crippen LogP contribution < -0.4 is 0 Å². The van der Waals surface area contributed by atoms with Crippen LogP contribution in [0.5, 0.6) is 0 Å². The highest BCUT2D eigenvalue weighted by Gasteiger charge is 2.16. The maximum atomic E-state index is 9.49. The summed E-state index contributed by atoms with van der Waals surface area (Å²) in [6.45, 7) is 11.5. The highest BCUT2D eigenvalue weighted by Crippen LogP contribution is 2.29. The first-order valence-corrected chi connectivity index (χ1v) is 8.50. The van der Waals surface area contributed by atoms with Crippen molar-refractivity contribution in [1.82, 2.24) is 9.55 Å². The summed E-state index contributed by atoms with van der Waals surface area (Å²) in [5, 5.41) is 9.49. The van der Waals surface area contributed by atoms with Crippen LogP contribution in [-0.2, 0) is 12.0 Å². The lowest BCUT2D eigenvalue weighted by Crippen LogP contribution is -2.10. The Labute approximate surface area is 144 Å². The van der Waals surface area contributed by atoms with Crippen molar-refractivity contribution >= 4 is 11.0 Å². The van der Waals surface area contributed by atoms with Gasteiger partial charge in [-0.25, -0.2) is 4.98 Å². The highest BCUT2D eigenvalue weighted by atomic mass is 16.3. The minimum Gasteiger partial charge on any atom is -0.395 e. The number of imidazole rings is 1. The van der Waals surface area contributed by atoms with Gasteiger partial charge in [0, 0.05) is 12.1 Å². The van der Waals surface area contributed by atoms with E-state index in [-0.39, 0.29) is 12.0 Å². The van der Waals surface area contributed by atoms with Crippen LogP contribution in [0, 0.1) is 13.8 Å². The van der Waals surface area contributed by atoms with Gasteiger partial charge in [0.05, 0.1) is 17.6 Å². The molecule has 1 N–H and O–H groups in total. The van der Waals surface area contributed by atoms with Gasteiger partial charge in [-0.05, 0) is 48.1 Å². The molecule has 3 rings (SSSR count). The molecule has 3 heteroatoms. The van der Waals surface area contributed by atoms with Crippen molar-refractivity contribution in [2.75, 3.05) is 6.61 Å². The summed E-state index contributed by atoms with van der Waals surface area (Å²) in [7, 11) is 0. The number of hydrogen-bond acceptors (Lipinski definition) is 2. The van der Waals surface area contributed by atoms with Crippen LogP contribution in [0.4, 0.5) is 0 Å². The molecule has 0 aliphatic carbocycles. The van der Waals surface area contributed by atoms with Crippen molar-refractivity contribution in [3.8, 4) is 11.4 Å². The largest absolute Gasteiger partial charge is 0.395 e. The number of aliphatic hydroxyl groups is 1. The molecule has 0 amide bonds. The molecule has 1 aromatic heterocycles. The number of aromatic nitrogens is 2. The number of fused-ring (bicyclic) bond motifs is 1. The molecule has 24 heavy (non-hydrogen) atoms. The molecule has 126 valence electrons. The second-order valence-electron chi connectivity index (χ2n) is 7.56. The van der Waals surface area contributed by atoms with E-state index in [2.05, 4.69) is 75.6 Å². The Kier molecular flexibility index (Phi) is 4.22. The second kappa shape index (κ2) is 6.06. The number of aliphatic hydroxyl groups excluding tert-OH is 1. The molecule has 0 unspecified atom stereocenters. The summed E-state index contributed by atoms with van der Waals surface area (Å²) in [5.74, 6) is 0.921. The number of hydrogen-bond donors (Lipinski definition) is 1. The lowest BCUT2D eigenvalue weighted by molar-refractivity contribution is 0.278. The molecule has 0 aliphatic heterocycles. The minimum absolute atomic E-state index is 0.103. The quantitative estimate of drug-likeness (QED) is 0.764. The van der Waals surface area contributed by atoms with E-state index < -0.39 is 0 Å². The van der Waals surface area contributed by atoms with Crippen molar-refractivity contribution < 1.29 is 5.11 Å². The van der Waals surface area contributed by atoms with E-state index in [9.17, 15) is 5.11 Å². The molecule has 3 aromatic rings. The fourth-order valence-electron chi connectivity index (χ4n) is 3.05. The third-order valence-electron chi connectivity index (χ3n) is 4.70. The second-order valence-corrected chi connectivity index (χ2v) is 7.56. The molecule has 2 aromatic carbocycles. The van der Waals surface area contributed by atoms with Gasteiger partial charge in [-0.2, -0.15) is 0 Å². The zero-order chi connectivity index (χ0) is 17.5. The van der Waals surface area contributed by atoms with Gasteiger partial charge in [-0.3, -0.25) is 0 Å². The molecule has 0 bridgehead atoms. The van der Waals surface area contributed by atoms with Crippen molar-refractivity contribution in [1.29, 1.82) is 0 Å². The Balaban J connectivity index is 2.16. The van der Waals surface area contributed by atoms with Gasteiger partial charge in [0.25, 0.3) is 0 Å². The molecule has 1 heterocycles. The fraction of sp³-hybridized carbons (Fsp3) is 0.381. The molecule has 0 saturated heterocycles. The van der Waals surface area contributed by atoms with Gasteiger partial charge in [0.2, 0.25) is 0 Å². The Morgan fingerprint density at radius 2 is 1.62 bits per heavy atom. The van der Waals surface area contributed by atoms with Gasteiger partial charge in [-0.1, -0.05) is 45.0 Å². The lowest BCUT2D eigenvalue weighted by Gasteiger charge is -2.19. The van der Waals surface area contributed by atoms with E-state index >= 15 is 0 Å². The maximum absolute atomic E-state index is 9.49. The molecule has 0 saturated carbocycles.